The van der Waals surface area contributed by atoms with Gasteiger partial charge in [0.2, 0.25) is 0 Å². The molecule has 4 nitrogen and oxygen atoms in total. The van der Waals surface area contributed by atoms with Gasteiger partial charge in [-0.1, -0.05) is 13.0 Å². The average molecular weight is 276 g/mol. The molecule has 0 aromatic heterocycles. The number of carbonyl (C=O) groups is 1. The standard InChI is InChI=1S/C15H17FN2O2/c1-10-7-18(9-14(10)15(19)20-2)8-11-3-4-13(16)5-12(11)6-17/h3-5,10,14H,7-9H2,1-2H3. The van der Waals surface area contributed by atoms with E-state index in [-0.39, 0.29) is 17.8 Å². The van der Waals surface area contributed by atoms with Gasteiger partial charge in [-0.15, -0.1) is 0 Å². The third-order valence-corrected chi connectivity index (χ3v) is 3.78. The van der Waals surface area contributed by atoms with Crippen LogP contribution in [0.5, 0.6) is 0 Å². The van der Waals surface area contributed by atoms with Gasteiger partial charge in [0.15, 0.2) is 0 Å². The molecule has 2 rings (SSSR count). The monoisotopic (exact) mass is 276 g/mol. The highest BCUT2D eigenvalue weighted by Gasteiger charge is 2.35. The number of carbonyl (C=O) groups excluding carboxylic acids is 1. The number of ether oxygens (including phenoxy) is 1. The first-order valence-corrected chi connectivity index (χ1v) is 6.54. The van der Waals surface area contributed by atoms with E-state index in [1.165, 1.54) is 19.2 Å². The van der Waals surface area contributed by atoms with Crippen molar-refractivity contribution in [2.24, 2.45) is 11.8 Å². The highest BCUT2D eigenvalue weighted by Crippen LogP contribution is 2.26. The summed E-state index contributed by atoms with van der Waals surface area (Å²) in [5.74, 6) is -0.522. The van der Waals surface area contributed by atoms with Crippen LogP contribution < -0.4 is 0 Å². The van der Waals surface area contributed by atoms with Crippen molar-refractivity contribution in [1.29, 1.82) is 5.26 Å². The molecule has 0 spiro atoms. The molecule has 1 aromatic carbocycles. The lowest BCUT2D eigenvalue weighted by Gasteiger charge is -2.16. The molecule has 106 valence electrons. The third-order valence-electron chi connectivity index (χ3n) is 3.78. The molecule has 0 bridgehead atoms. The van der Waals surface area contributed by atoms with E-state index in [9.17, 15) is 9.18 Å². The van der Waals surface area contributed by atoms with Gasteiger partial charge in [-0.3, -0.25) is 9.69 Å². The number of esters is 1. The molecule has 0 aliphatic carbocycles. The number of halogens is 1. The molecular weight excluding hydrogens is 259 g/mol. The van der Waals surface area contributed by atoms with Crippen molar-refractivity contribution >= 4 is 5.97 Å². The first-order chi connectivity index (χ1) is 9.55. The molecule has 20 heavy (non-hydrogen) atoms. The minimum atomic E-state index is -0.410. The number of rotatable bonds is 3. The second-order valence-corrected chi connectivity index (χ2v) is 5.21. The van der Waals surface area contributed by atoms with E-state index < -0.39 is 5.82 Å². The molecule has 0 saturated carbocycles. The maximum absolute atomic E-state index is 13.1. The molecule has 2 atom stereocenters. The number of nitriles is 1. The summed E-state index contributed by atoms with van der Waals surface area (Å²) in [6.45, 7) is 3.93. The van der Waals surface area contributed by atoms with Crippen LogP contribution in [0, 0.1) is 29.0 Å². The molecule has 1 aromatic rings. The highest BCUT2D eigenvalue weighted by molar-refractivity contribution is 5.73. The van der Waals surface area contributed by atoms with Crippen LogP contribution in [0.1, 0.15) is 18.1 Å². The lowest BCUT2D eigenvalue weighted by molar-refractivity contribution is -0.146. The van der Waals surface area contributed by atoms with E-state index in [1.807, 2.05) is 13.0 Å². The third kappa shape index (κ3) is 2.97. The lowest BCUT2D eigenvalue weighted by Crippen LogP contribution is -2.24. The zero-order valence-corrected chi connectivity index (χ0v) is 11.6. The number of methoxy groups -OCH3 is 1. The van der Waals surface area contributed by atoms with Crippen molar-refractivity contribution in [2.45, 2.75) is 13.5 Å². The first-order valence-electron chi connectivity index (χ1n) is 6.54. The van der Waals surface area contributed by atoms with Crippen LogP contribution in [-0.4, -0.2) is 31.1 Å². The topological polar surface area (TPSA) is 53.3 Å². The van der Waals surface area contributed by atoms with Gasteiger partial charge in [0, 0.05) is 19.6 Å². The Hall–Kier alpha value is -1.93. The predicted octanol–water partition coefficient (Wildman–Crippen LogP) is 1.94. The van der Waals surface area contributed by atoms with Crippen LogP contribution >= 0.6 is 0 Å². The van der Waals surface area contributed by atoms with E-state index in [2.05, 4.69) is 4.90 Å². The molecule has 0 N–H and O–H groups in total. The molecule has 5 heteroatoms. The van der Waals surface area contributed by atoms with Crippen LogP contribution in [0.4, 0.5) is 4.39 Å². The first kappa shape index (κ1) is 14.5. The average Bonchev–Trinajstić information content (AvgIpc) is 2.80. The van der Waals surface area contributed by atoms with E-state index >= 15 is 0 Å². The normalized spacial score (nSPS) is 22.5. The van der Waals surface area contributed by atoms with E-state index in [0.29, 0.717) is 18.7 Å². The Bertz CT molecular complexity index is 553. The fourth-order valence-electron chi connectivity index (χ4n) is 2.69. The Morgan fingerprint density at radius 2 is 2.30 bits per heavy atom. The smallest absolute Gasteiger partial charge is 0.310 e. The summed E-state index contributed by atoms with van der Waals surface area (Å²) in [4.78, 5) is 13.7. The quantitative estimate of drug-likeness (QED) is 0.792. The van der Waals surface area contributed by atoms with Crippen LogP contribution in [0.3, 0.4) is 0 Å². The van der Waals surface area contributed by atoms with Gasteiger partial charge in [-0.05, 0) is 23.6 Å². The molecule has 0 amide bonds. The summed E-state index contributed by atoms with van der Waals surface area (Å²) in [5.41, 5.74) is 1.13. The fourth-order valence-corrected chi connectivity index (χ4v) is 2.69. The van der Waals surface area contributed by atoms with E-state index in [4.69, 9.17) is 10.00 Å². The van der Waals surface area contributed by atoms with Gasteiger partial charge in [0.1, 0.15) is 5.82 Å². The number of hydrogen-bond acceptors (Lipinski definition) is 4. The summed E-state index contributed by atoms with van der Waals surface area (Å²) in [5, 5.41) is 9.04. The van der Waals surface area contributed by atoms with Crippen molar-refractivity contribution in [3.05, 3.63) is 35.1 Å². The van der Waals surface area contributed by atoms with Crippen molar-refractivity contribution in [3.8, 4) is 6.07 Å². The zero-order chi connectivity index (χ0) is 14.7. The summed E-state index contributed by atoms with van der Waals surface area (Å²) in [7, 11) is 1.39. The number of benzene rings is 1. The van der Waals surface area contributed by atoms with Crippen molar-refractivity contribution < 1.29 is 13.9 Å². The zero-order valence-electron chi connectivity index (χ0n) is 11.6. The Kier molecular flexibility index (Phi) is 4.35. The summed E-state index contributed by atoms with van der Waals surface area (Å²) in [6.07, 6.45) is 0. The van der Waals surface area contributed by atoms with Gasteiger partial charge in [-0.25, -0.2) is 4.39 Å². The van der Waals surface area contributed by atoms with Crippen molar-refractivity contribution in [2.75, 3.05) is 20.2 Å². The summed E-state index contributed by atoms with van der Waals surface area (Å²) in [6, 6.07) is 6.23. The van der Waals surface area contributed by atoms with Gasteiger partial charge < -0.3 is 4.74 Å². The minimum Gasteiger partial charge on any atom is -0.469 e. The Balaban J connectivity index is 2.09. The molecule has 1 saturated heterocycles. The molecule has 0 radical (unpaired) electrons. The second kappa shape index (κ2) is 6.02. The van der Waals surface area contributed by atoms with Gasteiger partial charge in [-0.2, -0.15) is 5.26 Å². The number of likely N-dealkylation sites (tertiary alicyclic amines) is 1. The van der Waals surface area contributed by atoms with Crippen LogP contribution in [0.15, 0.2) is 18.2 Å². The maximum atomic E-state index is 13.1. The van der Waals surface area contributed by atoms with Crippen LogP contribution in [0.25, 0.3) is 0 Å². The van der Waals surface area contributed by atoms with Crippen molar-refractivity contribution in [1.82, 2.24) is 4.90 Å². The molecule has 1 aliphatic rings. The van der Waals surface area contributed by atoms with E-state index in [0.717, 1.165) is 12.1 Å². The Labute approximate surface area is 117 Å². The fraction of sp³-hybridized carbons (Fsp3) is 0.467. The van der Waals surface area contributed by atoms with Crippen molar-refractivity contribution in [3.63, 3.8) is 0 Å². The molecule has 2 unspecified atom stereocenters. The Morgan fingerprint density at radius 1 is 1.55 bits per heavy atom. The summed E-state index contributed by atoms with van der Waals surface area (Å²) >= 11 is 0. The molecule has 1 fully saturated rings. The molecule has 1 aliphatic heterocycles. The van der Waals surface area contributed by atoms with Crippen LogP contribution in [0.2, 0.25) is 0 Å². The SMILES string of the molecule is COC(=O)C1CN(Cc2ccc(F)cc2C#N)CC1C. The molecular formula is C15H17FN2O2. The van der Waals surface area contributed by atoms with Gasteiger partial charge >= 0.3 is 5.97 Å². The van der Waals surface area contributed by atoms with E-state index in [1.54, 1.807) is 6.07 Å². The summed E-state index contributed by atoms with van der Waals surface area (Å²) < 4.78 is 17.9. The highest BCUT2D eigenvalue weighted by atomic mass is 19.1. The van der Waals surface area contributed by atoms with Crippen LogP contribution in [-0.2, 0) is 16.1 Å². The largest absolute Gasteiger partial charge is 0.469 e. The second-order valence-electron chi connectivity index (χ2n) is 5.21. The predicted molar refractivity (Wildman–Crippen MR) is 71.1 cm³/mol. The maximum Gasteiger partial charge on any atom is 0.310 e. The van der Waals surface area contributed by atoms with Gasteiger partial charge in [0.25, 0.3) is 0 Å². The number of nitrogens with zero attached hydrogens (tertiary/aromatic N) is 2. The minimum absolute atomic E-state index is 0.133. The Morgan fingerprint density at radius 3 is 2.95 bits per heavy atom. The number of hydrogen-bond donors (Lipinski definition) is 0. The lowest BCUT2D eigenvalue weighted by atomic mass is 9.99. The molecule has 1 heterocycles. The van der Waals surface area contributed by atoms with Gasteiger partial charge in [0.05, 0.1) is 24.7 Å².